The van der Waals surface area contributed by atoms with Crippen LogP contribution in [0.25, 0.3) is 5.69 Å². The van der Waals surface area contributed by atoms with E-state index in [-0.39, 0.29) is 6.54 Å². The van der Waals surface area contributed by atoms with Gasteiger partial charge in [0.2, 0.25) is 0 Å². The van der Waals surface area contributed by atoms with Crippen molar-refractivity contribution in [3.05, 3.63) is 53.7 Å². The summed E-state index contributed by atoms with van der Waals surface area (Å²) in [5.74, 6) is 0.751. The van der Waals surface area contributed by atoms with Gasteiger partial charge in [-0.2, -0.15) is 16.9 Å². The van der Waals surface area contributed by atoms with Gasteiger partial charge in [-0.15, -0.1) is 6.58 Å². The predicted molar refractivity (Wildman–Crippen MR) is 95.1 cm³/mol. The summed E-state index contributed by atoms with van der Waals surface area (Å²) in [5, 5.41) is 9.81. The van der Waals surface area contributed by atoms with Gasteiger partial charge < -0.3 is 10.6 Å². The third-order valence-electron chi connectivity index (χ3n) is 3.64. The van der Waals surface area contributed by atoms with Crippen molar-refractivity contribution >= 4 is 29.4 Å². The quantitative estimate of drug-likeness (QED) is 0.659. The number of amides is 2. The molecule has 2 amide bonds. The minimum Gasteiger partial charge on any atom is -0.344 e. The van der Waals surface area contributed by atoms with Crippen LogP contribution < -0.4 is 10.6 Å². The number of nitrogens with one attached hydrogen (secondary N) is 2. The highest BCUT2D eigenvalue weighted by Crippen LogP contribution is 2.36. The number of aryl methyl sites for hydroxylation is 1. The maximum atomic E-state index is 12.2. The molecule has 1 aromatic heterocycles. The number of hydrogen-bond donors (Lipinski definition) is 2. The van der Waals surface area contributed by atoms with Gasteiger partial charge in [-0.25, -0.2) is 4.68 Å². The average Bonchev–Trinajstić information content (AvgIpc) is 3.15. The van der Waals surface area contributed by atoms with Gasteiger partial charge in [-0.05, 0) is 24.6 Å². The number of anilines is 1. The summed E-state index contributed by atoms with van der Waals surface area (Å²) in [5.41, 5.74) is 3.88. The summed E-state index contributed by atoms with van der Waals surface area (Å²) in [4.78, 5) is 24.0. The van der Waals surface area contributed by atoms with Crippen molar-refractivity contribution in [1.82, 2.24) is 15.1 Å². The Hall–Kier alpha value is -2.54. The molecule has 1 aromatic carbocycles. The van der Waals surface area contributed by atoms with E-state index < -0.39 is 11.8 Å². The van der Waals surface area contributed by atoms with E-state index in [1.165, 1.54) is 6.08 Å². The molecule has 0 unspecified atom stereocenters. The second-order valence-electron chi connectivity index (χ2n) is 5.47. The molecule has 0 fully saturated rings. The van der Waals surface area contributed by atoms with Crippen LogP contribution in [0.5, 0.6) is 0 Å². The number of aromatic nitrogens is 2. The number of carbonyl (C=O) groups excluding carboxylic acids is 2. The molecule has 0 bridgehead atoms. The smallest absolute Gasteiger partial charge is 0.314 e. The largest absolute Gasteiger partial charge is 0.344 e. The average molecular weight is 342 g/mol. The van der Waals surface area contributed by atoms with Crippen LogP contribution in [-0.2, 0) is 21.1 Å². The van der Waals surface area contributed by atoms with E-state index in [9.17, 15) is 9.59 Å². The molecule has 6 nitrogen and oxygen atoms in total. The van der Waals surface area contributed by atoms with Crippen LogP contribution in [0.3, 0.4) is 0 Å². The molecule has 0 saturated carbocycles. The summed E-state index contributed by atoms with van der Waals surface area (Å²) >= 11 is 1.74. The highest BCUT2D eigenvalue weighted by atomic mass is 32.2. The highest BCUT2D eigenvalue weighted by Gasteiger charge is 2.26. The van der Waals surface area contributed by atoms with Crippen molar-refractivity contribution in [1.29, 1.82) is 0 Å². The normalized spacial score (nSPS) is 12.5. The Morgan fingerprint density at radius 3 is 2.96 bits per heavy atom. The van der Waals surface area contributed by atoms with Gasteiger partial charge in [0.15, 0.2) is 0 Å². The second kappa shape index (κ2) is 6.92. The summed E-state index contributed by atoms with van der Waals surface area (Å²) in [7, 11) is 0. The van der Waals surface area contributed by atoms with Gasteiger partial charge >= 0.3 is 11.8 Å². The maximum absolute atomic E-state index is 12.2. The van der Waals surface area contributed by atoms with Crippen LogP contribution in [0.15, 0.2) is 36.9 Å². The lowest BCUT2D eigenvalue weighted by molar-refractivity contribution is -0.136. The first-order valence-corrected chi connectivity index (χ1v) is 8.71. The highest BCUT2D eigenvalue weighted by molar-refractivity contribution is 7.98. The van der Waals surface area contributed by atoms with Crippen LogP contribution in [0.1, 0.15) is 16.8 Å². The van der Waals surface area contributed by atoms with E-state index >= 15 is 0 Å². The van der Waals surface area contributed by atoms with Gasteiger partial charge in [-0.1, -0.05) is 18.2 Å². The van der Waals surface area contributed by atoms with Crippen molar-refractivity contribution in [3.8, 4) is 5.69 Å². The molecule has 3 rings (SSSR count). The van der Waals surface area contributed by atoms with E-state index in [2.05, 4.69) is 22.3 Å². The molecule has 1 aliphatic heterocycles. The van der Waals surface area contributed by atoms with E-state index in [1.807, 2.05) is 31.2 Å². The second-order valence-corrected chi connectivity index (χ2v) is 6.46. The first-order chi connectivity index (χ1) is 11.6. The molecule has 7 heteroatoms. The number of fused-ring (bicyclic) bond motifs is 1. The van der Waals surface area contributed by atoms with Crippen molar-refractivity contribution in [2.24, 2.45) is 0 Å². The van der Waals surface area contributed by atoms with Gasteiger partial charge in [0, 0.05) is 23.6 Å². The minimum absolute atomic E-state index is 0.247. The lowest BCUT2D eigenvalue weighted by atomic mass is 10.2. The molecule has 0 radical (unpaired) electrons. The third-order valence-corrected chi connectivity index (χ3v) is 4.61. The topological polar surface area (TPSA) is 76.0 Å². The fourth-order valence-corrected chi connectivity index (χ4v) is 3.53. The number of nitrogens with zero attached hydrogens (tertiary/aromatic N) is 2. The number of rotatable bonds is 4. The molecule has 124 valence electrons. The summed E-state index contributed by atoms with van der Waals surface area (Å²) in [6, 6.07) is 7.85. The van der Waals surface area contributed by atoms with Crippen molar-refractivity contribution in [2.75, 3.05) is 11.9 Å². The first-order valence-electron chi connectivity index (χ1n) is 7.55. The number of carbonyl (C=O) groups is 2. The van der Waals surface area contributed by atoms with E-state index in [1.54, 1.807) is 16.4 Å². The van der Waals surface area contributed by atoms with Crippen molar-refractivity contribution in [2.45, 2.75) is 18.4 Å². The Bertz CT molecular complexity index is 813. The van der Waals surface area contributed by atoms with Crippen LogP contribution >= 0.6 is 11.8 Å². The Morgan fingerprint density at radius 1 is 1.38 bits per heavy atom. The molecule has 2 heterocycles. The Morgan fingerprint density at radius 2 is 2.21 bits per heavy atom. The standard InChI is InChI=1S/C17H18N4O2S/c1-3-7-18-16(22)17(23)19-15-13-9-24-10-14(13)20-21(15)12-6-4-5-11(2)8-12/h3-6,8H,1,7,9-10H2,2H3,(H,18,22)(H,19,23). The molecule has 1 aliphatic rings. The summed E-state index contributed by atoms with van der Waals surface area (Å²) in [6.45, 7) is 5.76. The number of thioether (sulfide) groups is 1. The zero-order chi connectivity index (χ0) is 17.1. The first kappa shape index (κ1) is 16.3. The van der Waals surface area contributed by atoms with Crippen molar-refractivity contribution < 1.29 is 9.59 Å². The van der Waals surface area contributed by atoms with Gasteiger partial charge in [0.05, 0.1) is 11.4 Å². The van der Waals surface area contributed by atoms with Crippen molar-refractivity contribution in [3.63, 3.8) is 0 Å². The van der Waals surface area contributed by atoms with E-state index in [0.29, 0.717) is 5.82 Å². The lowest BCUT2D eigenvalue weighted by Crippen LogP contribution is -2.36. The molecule has 0 saturated heterocycles. The number of hydrogen-bond acceptors (Lipinski definition) is 4. The Labute approximate surface area is 144 Å². The number of benzene rings is 1. The van der Waals surface area contributed by atoms with Gasteiger partial charge in [0.25, 0.3) is 0 Å². The maximum Gasteiger partial charge on any atom is 0.314 e. The Balaban J connectivity index is 1.93. The van der Waals surface area contributed by atoms with E-state index in [0.717, 1.165) is 34.0 Å². The molecular formula is C17H18N4O2S. The zero-order valence-corrected chi connectivity index (χ0v) is 14.2. The molecule has 24 heavy (non-hydrogen) atoms. The fraction of sp³-hybridized carbons (Fsp3) is 0.235. The monoisotopic (exact) mass is 342 g/mol. The van der Waals surface area contributed by atoms with Crippen LogP contribution in [-0.4, -0.2) is 28.1 Å². The summed E-state index contributed by atoms with van der Waals surface area (Å²) < 4.78 is 1.70. The SMILES string of the molecule is C=CCNC(=O)C(=O)Nc1c2c(nn1-c1cccc(C)c1)CSC2. The molecular weight excluding hydrogens is 324 g/mol. The zero-order valence-electron chi connectivity index (χ0n) is 13.3. The molecule has 0 spiro atoms. The van der Waals surface area contributed by atoms with E-state index in [4.69, 9.17) is 0 Å². The third kappa shape index (κ3) is 3.21. The molecule has 2 N–H and O–H groups in total. The molecule has 0 aliphatic carbocycles. The Kier molecular flexibility index (Phi) is 4.71. The minimum atomic E-state index is -0.703. The van der Waals surface area contributed by atoms with Crippen LogP contribution in [0.2, 0.25) is 0 Å². The van der Waals surface area contributed by atoms with Gasteiger partial charge in [0.1, 0.15) is 5.82 Å². The fourth-order valence-electron chi connectivity index (χ4n) is 2.50. The summed E-state index contributed by atoms with van der Waals surface area (Å²) in [6.07, 6.45) is 1.52. The molecule has 0 atom stereocenters. The molecule has 2 aromatic rings. The predicted octanol–water partition coefficient (Wildman–Crippen LogP) is 2.17. The van der Waals surface area contributed by atoms with Crippen LogP contribution in [0.4, 0.5) is 5.82 Å². The van der Waals surface area contributed by atoms with Gasteiger partial charge in [-0.3, -0.25) is 9.59 Å². The lowest BCUT2D eigenvalue weighted by Gasteiger charge is -2.11. The van der Waals surface area contributed by atoms with Crippen LogP contribution in [0, 0.1) is 6.92 Å².